The molecule has 31 heavy (non-hydrogen) atoms. The van der Waals surface area contributed by atoms with Gasteiger partial charge in [-0.05, 0) is 84.9 Å². The van der Waals surface area contributed by atoms with Crippen molar-refractivity contribution in [3.05, 3.63) is 95.2 Å². The fourth-order valence-corrected chi connectivity index (χ4v) is 3.48. The van der Waals surface area contributed by atoms with Crippen molar-refractivity contribution in [2.75, 3.05) is 22.1 Å². The molecule has 0 radical (unpaired) electrons. The smallest absolute Gasteiger partial charge is 0.200 e. The molecule has 5 aromatic rings. The summed E-state index contributed by atoms with van der Waals surface area (Å²) in [6.45, 7) is 0. The van der Waals surface area contributed by atoms with E-state index < -0.39 is 0 Å². The van der Waals surface area contributed by atoms with Gasteiger partial charge in [0, 0.05) is 34.1 Å². The molecule has 6 heteroatoms. The average molecular weight is 408 g/mol. The average Bonchev–Trinajstić information content (AvgIpc) is 2.78. The third-order valence-electron chi connectivity index (χ3n) is 5.07. The first-order valence-corrected chi connectivity index (χ1v) is 9.81. The van der Waals surface area contributed by atoms with E-state index in [2.05, 4.69) is 10.6 Å². The van der Waals surface area contributed by atoms with Gasteiger partial charge in [-0.25, -0.2) is 0 Å². The maximum atomic E-state index is 13.2. The molecule has 0 amide bonds. The van der Waals surface area contributed by atoms with Gasteiger partial charge in [0.15, 0.2) is 0 Å². The van der Waals surface area contributed by atoms with E-state index in [1.54, 1.807) is 24.3 Å². The van der Waals surface area contributed by atoms with E-state index in [0.29, 0.717) is 33.3 Å². The van der Waals surface area contributed by atoms with Crippen molar-refractivity contribution in [2.45, 2.75) is 0 Å². The molecule has 0 saturated heterocycles. The summed E-state index contributed by atoms with van der Waals surface area (Å²) in [5.41, 5.74) is 17.2. The van der Waals surface area contributed by atoms with Crippen LogP contribution in [0.25, 0.3) is 21.9 Å². The number of nitrogens with one attached hydrogen (secondary N) is 2. The first-order valence-electron chi connectivity index (χ1n) is 9.81. The Labute approximate surface area is 178 Å². The molecule has 1 aromatic heterocycles. The number of nitrogens with two attached hydrogens (primary N) is 2. The molecule has 1 heterocycles. The number of hydrogen-bond donors (Lipinski definition) is 4. The third-order valence-corrected chi connectivity index (χ3v) is 5.07. The number of hydrogen-bond acceptors (Lipinski definition) is 6. The van der Waals surface area contributed by atoms with E-state index >= 15 is 0 Å². The van der Waals surface area contributed by atoms with E-state index in [1.807, 2.05) is 60.7 Å². The fraction of sp³-hybridized carbons (Fsp3) is 0. The molecule has 0 unspecified atom stereocenters. The van der Waals surface area contributed by atoms with Gasteiger partial charge >= 0.3 is 0 Å². The molecular weight excluding hydrogens is 388 g/mol. The SMILES string of the molecule is Nc1ccc(Nc2ccc3oc4ccc(Nc5ccc(N)cc5)cc4c(=O)c3c2)cc1. The van der Waals surface area contributed by atoms with E-state index in [1.165, 1.54) is 0 Å². The van der Waals surface area contributed by atoms with Gasteiger partial charge < -0.3 is 26.5 Å². The van der Waals surface area contributed by atoms with Crippen LogP contribution in [-0.4, -0.2) is 0 Å². The van der Waals surface area contributed by atoms with Crippen LogP contribution in [0, 0.1) is 0 Å². The Morgan fingerprint density at radius 2 is 0.935 bits per heavy atom. The number of fused-ring (bicyclic) bond motifs is 2. The molecule has 152 valence electrons. The van der Waals surface area contributed by atoms with Gasteiger partial charge in [0.25, 0.3) is 0 Å². The summed E-state index contributed by atoms with van der Waals surface area (Å²) in [6.07, 6.45) is 0. The summed E-state index contributed by atoms with van der Waals surface area (Å²) >= 11 is 0. The second kappa shape index (κ2) is 7.42. The van der Waals surface area contributed by atoms with Crippen LogP contribution >= 0.6 is 0 Å². The third kappa shape index (κ3) is 3.74. The monoisotopic (exact) mass is 408 g/mol. The molecule has 0 saturated carbocycles. The summed E-state index contributed by atoms with van der Waals surface area (Å²) in [5.74, 6) is 0. The Hall–Kier alpha value is -4.45. The molecule has 0 aliphatic rings. The molecule has 0 bridgehead atoms. The van der Waals surface area contributed by atoms with Crippen molar-refractivity contribution in [1.82, 2.24) is 0 Å². The molecule has 0 spiro atoms. The summed E-state index contributed by atoms with van der Waals surface area (Å²) in [4.78, 5) is 13.2. The van der Waals surface area contributed by atoms with Gasteiger partial charge in [0.1, 0.15) is 11.2 Å². The van der Waals surface area contributed by atoms with Crippen LogP contribution in [-0.2, 0) is 0 Å². The zero-order valence-corrected chi connectivity index (χ0v) is 16.6. The zero-order chi connectivity index (χ0) is 21.4. The van der Waals surface area contributed by atoms with Gasteiger partial charge in [-0.3, -0.25) is 4.79 Å². The molecule has 0 fully saturated rings. The first-order chi connectivity index (χ1) is 15.0. The second-order valence-electron chi connectivity index (χ2n) is 7.35. The Bertz CT molecular complexity index is 1350. The van der Waals surface area contributed by atoms with Gasteiger partial charge in [0.2, 0.25) is 5.43 Å². The number of nitrogen functional groups attached to an aromatic ring is 2. The fourth-order valence-electron chi connectivity index (χ4n) is 3.48. The number of anilines is 6. The molecule has 0 aliphatic heterocycles. The van der Waals surface area contributed by atoms with Crippen molar-refractivity contribution < 1.29 is 4.42 Å². The quantitative estimate of drug-likeness (QED) is 0.228. The van der Waals surface area contributed by atoms with Crippen molar-refractivity contribution >= 4 is 56.1 Å². The van der Waals surface area contributed by atoms with Crippen LogP contribution in [0.4, 0.5) is 34.1 Å². The lowest BCUT2D eigenvalue weighted by atomic mass is 10.1. The Morgan fingerprint density at radius 1 is 0.548 bits per heavy atom. The predicted octanol–water partition coefficient (Wildman–Crippen LogP) is 5.60. The van der Waals surface area contributed by atoms with Crippen LogP contribution in [0.5, 0.6) is 0 Å². The standard InChI is InChI=1S/C25H20N4O2/c26-15-1-5-17(6-2-15)28-19-9-11-23-21(13-19)25(30)22-14-20(10-12-24(22)31-23)29-18-7-3-16(27)4-8-18/h1-14,28-29H,26-27H2. The molecule has 0 atom stereocenters. The lowest BCUT2D eigenvalue weighted by Crippen LogP contribution is -2.03. The molecule has 0 aliphatic carbocycles. The van der Waals surface area contributed by atoms with Crippen LogP contribution in [0.15, 0.2) is 94.1 Å². The first kappa shape index (κ1) is 18.6. The summed E-state index contributed by atoms with van der Waals surface area (Å²) in [6, 6.07) is 25.8. The van der Waals surface area contributed by atoms with E-state index in [9.17, 15) is 4.79 Å². The van der Waals surface area contributed by atoms with Crippen molar-refractivity contribution in [3.8, 4) is 0 Å². The van der Waals surface area contributed by atoms with Crippen LogP contribution in [0.1, 0.15) is 0 Å². The lowest BCUT2D eigenvalue weighted by molar-refractivity contribution is 0.660. The normalized spacial score (nSPS) is 11.0. The summed E-state index contributed by atoms with van der Waals surface area (Å²) in [5, 5.41) is 7.60. The molecular formula is C25H20N4O2. The maximum Gasteiger partial charge on any atom is 0.200 e. The largest absolute Gasteiger partial charge is 0.456 e. The van der Waals surface area contributed by atoms with Gasteiger partial charge in [0.05, 0.1) is 10.8 Å². The minimum absolute atomic E-state index is 0.0850. The summed E-state index contributed by atoms with van der Waals surface area (Å²) < 4.78 is 5.98. The Kier molecular flexibility index (Phi) is 4.45. The highest BCUT2D eigenvalue weighted by atomic mass is 16.3. The molecule has 4 aromatic carbocycles. The van der Waals surface area contributed by atoms with Crippen LogP contribution in [0.3, 0.4) is 0 Å². The topological polar surface area (TPSA) is 106 Å². The van der Waals surface area contributed by atoms with Crippen molar-refractivity contribution in [3.63, 3.8) is 0 Å². The van der Waals surface area contributed by atoms with Gasteiger partial charge in [-0.15, -0.1) is 0 Å². The lowest BCUT2D eigenvalue weighted by Gasteiger charge is -2.10. The van der Waals surface area contributed by atoms with Crippen LogP contribution in [0.2, 0.25) is 0 Å². The minimum Gasteiger partial charge on any atom is -0.456 e. The highest BCUT2D eigenvalue weighted by molar-refractivity contribution is 5.93. The van der Waals surface area contributed by atoms with Crippen molar-refractivity contribution in [2.24, 2.45) is 0 Å². The maximum absolute atomic E-state index is 13.2. The Morgan fingerprint density at radius 3 is 1.35 bits per heavy atom. The second-order valence-corrected chi connectivity index (χ2v) is 7.35. The van der Waals surface area contributed by atoms with Gasteiger partial charge in [-0.1, -0.05) is 0 Å². The van der Waals surface area contributed by atoms with Crippen LogP contribution < -0.4 is 27.5 Å². The summed E-state index contributed by atoms with van der Waals surface area (Å²) in [7, 11) is 0. The zero-order valence-electron chi connectivity index (χ0n) is 16.6. The van der Waals surface area contributed by atoms with E-state index in [0.717, 1.165) is 22.7 Å². The highest BCUT2D eigenvalue weighted by Crippen LogP contribution is 2.26. The molecule has 6 N–H and O–H groups in total. The highest BCUT2D eigenvalue weighted by Gasteiger charge is 2.10. The van der Waals surface area contributed by atoms with Crippen molar-refractivity contribution in [1.29, 1.82) is 0 Å². The molecule has 5 rings (SSSR count). The minimum atomic E-state index is -0.0850. The van der Waals surface area contributed by atoms with Gasteiger partial charge in [-0.2, -0.15) is 0 Å². The predicted molar refractivity (Wildman–Crippen MR) is 128 cm³/mol. The number of benzene rings is 4. The number of rotatable bonds is 4. The van der Waals surface area contributed by atoms with E-state index in [4.69, 9.17) is 15.9 Å². The van der Waals surface area contributed by atoms with E-state index in [-0.39, 0.29) is 5.43 Å². The Balaban J connectivity index is 1.53. The molecule has 6 nitrogen and oxygen atoms in total.